The predicted molar refractivity (Wildman–Crippen MR) is 64.5 cm³/mol. The summed E-state index contributed by atoms with van der Waals surface area (Å²) in [4.78, 5) is 4.20. The van der Waals surface area contributed by atoms with Crippen molar-refractivity contribution in [2.75, 3.05) is 25.6 Å². The van der Waals surface area contributed by atoms with Crippen LogP contribution in [-0.2, 0) is 16.1 Å². The fraction of sp³-hybridized carbons (Fsp3) is 0.583. The average Bonchev–Trinajstić information content (AvgIpc) is 2.29. The van der Waals surface area contributed by atoms with Gasteiger partial charge in [-0.2, -0.15) is 0 Å². The molecule has 1 N–H and O–H groups in total. The molecule has 1 aromatic heterocycles. The van der Waals surface area contributed by atoms with Crippen molar-refractivity contribution >= 4 is 5.82 Å². The second kappa shape index (κ2) is 7.19. The molecule has 0 saturated heterocycles. The molecule has 16 heavy (non-hydrogen) atoms. The molecule has 0 spiro atoms. The smallest absolute Gasteiger partial charge is 0.125 e. The van der Waals surface area contributed by atoms with Gasteiger partial charge in [-0.05, 0) is 25.5 Å². The van der Waals surface area contributed by atoms with Gasteiger partial charge in [-0.15, -0.1) is 0 Å². The van der Waals surface area contributed by atoms with Crippen molar-refractivity contribution in [3.8, 4) is 0 Å². The van der Waals surface area contributed by atoms with Crippen LogP contribution in [0.5, 0.6) is 0 Å². The molecular formula is C12H20N2O2. The number of anilines is 1. The van der Waals surface area contributed by atoms with Gasteiger partial charge in [0.2, 0.25) is 0 Å². The zero-order valence-corrected chi connectivity index (χ0v) is 10.2. The lowest BCUT2D eigenvalue weighted by Gasteiger charge is -2.08. The van der Waals surface area contributed by atoms with E-state index in [1.807, 2.05) is 39.2 Å². The normalized spacial score (nSPS) is 10.8. The van der Waals surface area contributed by atoms with Gasteiger partial charge in [0.15, 0.2) is 0 Å². The van der Waals surface area contributed by atoms with Gasteiger partial charge in [0.05, 0.1) is 25.9 Å². The molecule has 0 aliphatic carbocycles. The number of hydrogen-bond acceptors (Lipinski definition) is 4. The topological polar surface area (TPSA) is 43.4 Å². The minimum absolute atomic E-state index is 0.264. The third-order valence-corrected chi connectivity index (χ3v) is 2.03. The molecule has 0 fully saturated rings. The van der Waals surface area contributed by atoms with Crippen molar-refractivity contribution in [1.29, 1.82) is 0 Å². The number of ether oxygens (including phenoxy) is 2. The fourth-order valence-electron chi connectivity index (χ4n) is 1.19. The van der Waals surface area contributed by atoms with Gasteiger partial charge < -0.3 is 14.8 Å². The maximum absolute atomic E-state index is 5.46. The maximum atomic E-state index is 5.46. The molecule has 0 unspecified atom stereocenters. The molecule has 1 aromatic rings. The summed E-state index contributed by atoms with van der Waals surface area (Å²) in [5.74, 6) is 0.867. The van der Waals surface area contributed by atoms with E-state index in [2.05, 4.69) is 10.3 Å². The molecule has 1 heterocycles. The van der Waals surface area contributed by atoms with Crippen molar-refractivity contribution in [1.82, 2.24) is 4.98 Å². The van der Waals surface area contributed by atoms with Crippen LogP contribution >= 0.6 is 0 Å². The average molecular weight is 224 g/mol. The van der Waals surface area contributed by atoms with Crippen LogP contribution in [0, 0.1) is 0 Å². The number of pyridine rings is 1. The lowest BCUT2D eigenvalue weighted by Crippen LogP contribution is -2.09. The van der Waals surface area contributed by atoms with Crippen LogP contribution in [0.3, 0.4) is 0 Å². The molecule has 0 aliphatic heterocycles. The Kier molecular flexibility index (Phi) is 5.82. The van der Waals surface area contributed by atoms with Crippen molar-refractivity contribution in [2.24, 2.45) is 0 Å². The first-order chi connectivity index (χ1) is 7.72. The minimum atomic E-state index is 0.264. The molecule has 0 radical (unpaired) electrons. The standard InChI is InChI=1S/C12H20N2O2/c1-10(2)16-7-6-15-9-11-4-5-12(13-3)14-8-11/h4-5,8,10H,6-7,9H2,1-3H3,(H,13,14). The summed E-state index contributed by atoms with van der Waals surface area (Å²) in [6.45, 7) is 5.87. The SMILES string of the molecule is CNc1ccc(COCCOC(C)C)cn1. The summed E-state index contributed by atoms with van der Waals surface area (Å²) in [5.41, 5.74) is 1.07. The van der Waals surface area contributed by atoms with E-state index < -0.39 is 0 Å². The van der Waals surface area contributed by atoms with Crippen LogP contribution in [0.25, 0.3) is 0 Å². The number of hydrogen-bond donors (Lipinski definition) is 1. The van der Waals surface area contributed by atoms with Gasteiger partial charge in [0.25, 0.3) is 0 Å². The van der Waals surface area contributed by atoms with Gasteiger partial charge in [0.1, 0.15) is 5.82 Å². The van der Waals surface area contributed by atoms with Gasteiger partial charge in [-0.25, -0.2) is 4.98 Å². The second-order valence-electron chi connectivity index (χ2n) is 3.77. The summed E-state index contributed by atoms with van der Waals surface area (Å²) in [6.07, 6.45) is 2.08. The van der Waals surface area contributed by atoms with Gasteiger partial charge in [0, 0.05) is 13.2 Å². The van der Waals surface area contributed by atoms with E-state index in [0.29, 0.717) is 19.8 Å². The Morgan fingerprint density at radius 3 is 2.69 bits per heavy atom. The molecule has 1 rings (SSSR count). The lowest BCUT2D eigenvalue weighted by atomic mass is 10.3. The summed E-state index contributed by atoms with van der Waals surface area (Å²) in [5, 5.41) is 2.97. The largest absolute Gasteiger partial charge is 0.376 e. The highest BCUT2D eigenvalue weighted by Gasteiger charge is 1.96. The Morgan fingerprint density at radius 1 is 1.31 bits per heavy atom. The summed E-state index contributed by atoms with van der Waals surface area (Å²) < 4.78 is 10.8. The zero-order valence-electron chi connectivity index (χ0n) is 10.2. The quantitative estimate of drug-likeness (QED) is 0.720. The molecule has 0 atom stereocenters. The Hall–Kier alpha value is -1.13. The van der Waals surface area contributed by atoms with E-state index in [4.69, 9.17) is 9.47 Å². The summed E-state index contributed by atoms with van der Waals surface area (Å²) in [6, 6.07) is 3.94. The van der Waals surface area contributed by atoms with E-state index in [0.717, 1.165) is 11.4 Å². The second-order valence-corrected chi connectivity index (χ2v) is 3.77. The number of rotatable bonds is 7. The van der Waals surface area contributed by atoms with E-state index in [9.17, 15) is 0 Å². The summed E-state index contributed by atoms with van der Waals surface area (Å²) in [7, 11) is 1.85. The van der Waals surface area contributed by atoms with Crippen LogP contribution in [0.4, 0.5) is 5.82 Å². The van der Waals surface area contributed by atoms with Gasteiger partial charge in [-0.1, -0.05) is 6.07 Å². The Balaban J connectivity index is 2.16. The van der Waals surface area contributed by atoms with Crippen LogP contribution in [0.15, 0.2) is 18.3 Å². The highest BCUT2D eigenvalue weighted by atomic mass is 16.5. The van der Waals surface area contributed by atoms with Crippen molar-refractivity contribution in [2.45, 2.75) is 26.6 Å². The number of nitrogens with one attached hydrogen (secondary N) is 1. The molecule has 0 amide bonds. The van der Waals surface area contributed by atoms with Crippen LogP contribution in [0.1, 0.15) is 19.4 Å². The van der Waals surface area contributed by atoms with Crippen molar-refractivity contribution in [3.63, 3.8) is 0 Å². The molecule has 0 bridgehead atoms. The first-order valence-corrected chi connectivity index (χ1v) is 5.54. The highest BCUT2D eigenvalue weighted by molar-refractivity contribution is 5.34. The molecule has 0 saturated carbocycles. The fourth-order valence-corrected chi connectivity index (χ4v) is 1.19. The Morgan fingerprint density at radius 2 is 2.12 bits per heavy atom. The zero-order chi connectivity index (χ0) is 11.8. The van der Waals surface area contributed by atoms with Crippen LogP contribution < -0.4 is 5.32 Å². The van der Waals surface area contributed by atoms with Gasteiger partial charge >= 0.3 is 0 Å². The number of nitrogens with zero attached hydrogens (tertiary/aromatic N) is 1. The third-order valence-electron chi connectivity index (χ3n) is 2.03. The maximum Gasteiger partial charge on any atom is 0.125 e. The predicted octanol–water partition coefficient (Wildman–Crippen LogP) is 2.06. The Labute approximate surface area is 97.0 Å². The van der Waals surface area contributed by atoms with E-state index in [-0.39, 0.29) is 6.10 Å². The molecule has 4 nitrogen and oxygen atoms in total. The van der Waals surface area contributed by atoms with Gasteiger partial charge in [-0.3, -0.25) is 0 Å². The highest BCUT2D eigenvalue weighted by Crippen LogP contribution is 2.05. The van der Waals surface area contributed by atoms with Crippen molar-refractivity contribution in [3.05, 3.63) is 23.9 Å². The van der Waals surface area contributed by atoms with Crippen LogP contribution in [-0.4, -0.2) is 31.3 Å². The summed E-state index contributed by atoms with van der Waals surface area (Å²) >= 11 is 0. The molecular weight excluding hydrogens is 204 g/mol. The van der Waals surface area contributed by atoms with E-state index in [1.165, 1.54) is 0 Å². The van der Waals surface area contributed by atoms with E-state index in [1.54, 1.807) is 0 Å². The minimum Gasteiger partial charge on any atom is -0.376 e. The Bertz CT molecular complexity index is 286. The van der Waals surface area contributed by atoms with Crippen LogP contribution in [0.2, 0.25) is 0 Å². The number of aromatic nitrogens is 1. The molecule has 0 aromatic carbocycles. The lowest BCUT2D eigenvalue weighted by molar-refractivity contribution is 0.0142. The first kappa shape index (κ1) is 12.9. The third kappa shape index (κ3) is 5.09. The van der Waals surface area contributed by atoms with E-state index >= 15 is 0 Å². The van der Waals surface area contributed by atoms with Crippen molar-refractivity contribution < 1.29 is 9.47 Å². The monoisotopic (exact) mass is 224 g/mol. The molecule has 0 aliphatic rings. The first-order valence-electron chi connectivity index (χ1n) is 5.54. The molecule has 4 heteroatoms. The molecule has 90 valence electrons.